The SMILES string of the molecule is CN(c1ccc(F)cc1)S(=O)(=O)c1ccc(C(=O)Nc2nc(-c3ccccn3)cs2)cc1. The normalized spacial score (nSPS) is 11.2. The van der Waals surface area contributed by atoms with Gasteiger partial charge in [-0.2, -0.15) is 0 Å². The van der Waals surface area contributed by atoms with Gasteiger partial charge in [0.1, 0.15) is 11.5 Å². The number of thiazole rings is 1. The van der Waals surface area contributed by atoms with Crippen LogP contribution in [0.2, 0.25) is 0 Å². The van der Waals surface area contributed by atoms with Crippen LogP contribution in [0.4, 0.5) is 15.2 Å². The third-order valence-electron chi connectivity index (χ3n) is 4.62. The molecule has 32 heavy (non-hydrogen) atoms. The van der Waals surface area contributed by atoms with Crippen LogP contribution in [-0.4, -0.2) is 31.3 Å². The van der Waals surface area contributed by atoms with Crippen LogP contribution in [0.1, 0.15) is 10.4 Å². The highest BCUT2D eigenvalue weighted by Gasteiger charge is 2.22. The predicted molar refractivity (Wildman–Crippen MR) is 122 cm³/mol. The van der Waals surface area contributed by atoms with E-state index in [1.807, 2.05) is 12.1 Å². The van der Waals surface area contributed by atoms with Gasteiger partial charge >= 0.3 is 0 Å². The Morgan fingerprint density at radius 2 is 1.72 bits per heavy atom. The maximum absolute atomic E-state index is 13.1. The summed E-state index contributed by atoms with van der Waals surface area (Å²) in [6.07, 6.45) is 1.66. The number of anilines is 2. The van der Waals surface area contributed by atoms with Crippen molar-refractivity contribution in [1.82, 2.24) is 9.97 Å². The van der Waals surface area contributed by atoms with Gasteiger partial charge in [0.15, 0.2) is 5.13 Å². The Morgan fingerprint density at radius 3 is 2.38 bits per heavy atom. The van der Waals surface area contributed by atoms with Crippen molar-refractivity contribution in [3.8, 4) is 11.4 Å². The van der Waals surface area contributed by atoms with Crippen LogP contribution in [0.15, 0.2) is 83.2 Å². The summed E-state index contributed by atoms with van der Waals surface area (Å²) in [5.74, 6) is -0.870. The van der Waals surface area contributed by atoms with E-state index >= 15 is 0 Å². The molecule has 0 saturated heterocycles. The molecule has 2 aromatic heterocycles. The molecule has 0 atom stereocenters. The van der Waals surface area contributed by atoms with Crippen LogP contribution >= 0.6 is 11.3 Å². The van der Waals surface area contributed by atoms with Crippen LogP contribution in [0, 0.1) is 5.82 Å². The maximum Gasteiger partial charge on any atom is 0.264 e. The van der Waals surface area contributed by atoms with Crippen molar-refractivity contribution < 1.29 is 17.6 Å². The summed E-state index contributed by atoms with van der Waals surface area (Å²) in [5.41, 5.74) is 1.95. The van der Waals surface area contributed by atoms with Crippen molar-refractivity contribution in [1.29, 1.82) is 0 Å². The fraction of sp³-hybridized carbons (Fsp3) is 0.0455. The molecule has 2 heterocycles. The average Bonchev–Trinajstić information content (AvgIpc) is 3.28. The van der Waals surface area contributed by atoms with Crippen LogP contribution in [0.25, 0.3) is 11.4 Å². The van der Waals surface area contributed by atoms with E-state index < -0.39 is 21.7 Å². The minimum Gasteiger partial charge on any atom is -0.298 e. The molecule has 1 amide bonds. The number of hydrogen-bond donors (Lipinski definition) is 1. The minimum absolute atomic E-state index is 0.00700. The Hall–Kier alpha value is -3.63. The Balaban J connectivity index is 1.48. The van der Waals surface area contributed by atoms with Gasteiger partial charge in [-0.3, -0.25) is 19.4 Å². The van der Waals surface area contributed by atoms with Gasteiger partial charge in [-0.1, -0.05) is 6.07 Å². The van der Waals surface area contributed by atoms with Crippen molar-refractivity contribution in [2.75, 3.05) is 16.7 Å². The summed E-state index contributed by atoms with van der Waals surface area (Å²) in [5, 5.41) is 4.90. The monoisotopic (exact) mass is 468 g/mol. The highest BCUT2D eigenvalue weighted by molar-refractivity contribution is 7.92. The summed E-state index contributed by atoms with van der Waals surface area (Å²) < 4.78 is 39.9. The van der Waals surface area contributed by atoms with E-state index in [1.165, 1.54) is 66.9 Å². The molecule has 0 radical (unpaired) electrons. The number of aromatic nitrogens is 2. The second kappa shape index (κ2) is 8.85. The number of rotatable bonds is 6. The first-order valence-corrected chi connectivity index (χ1v) is 11.7. The molecule has 2 aromatic carbocycles. The Kier molecular flexibility index (Phi) is 5.97. The lowest BCUT2D eigenvalue weighted by molar-refractivity contribution is 0.102. The van der Waals surface area contributed by atoms with Crippen LogP contribution in [0.5, 0.6) is 0 Å². The number of nitrogens with one attached hydrogen (secondary N) is 1. The van der Waals surface area contributed by atoms with E-state index in [1.54, 1.807) is 17.6 Å². The average molecular weight is 469 g/mol. The van der Waals surface area contributed by atoms with Crippen LogP contribution in [0.3, 0.4) is 0 Å². The molecule has 4 rings (SSSR count). The molecule has 7 nitrogen and oxygen atoms in total. The van der Waals surface area contributed by atoms with E-state index in [0.29, 0.717) is 22.2 Å². The molecule has 0 bridgehead atoms. The number of nitrogens with zero attached hydrogens (tertiary/aromatic N) is 3. The van der Waals surface area contributed by atoms with Gasteiger partial charge in [0.2, 0.25) is 0 Å². The van der Waals surface area contributed by atoms with E-state index in [2.05, 4.69) is 15.3 Å². The first-order valence-electron chi connectivity index (χ1n) is 9.37. The van der Waals surface area contributed by atoms with Crippen molar-refractivity contribution >= 4 is 38.1 Å². The molecule has 0 saturated carbocycles. The molecule has 162 valence electrons. The van der Waals surface area contributed by atoms with Crippen LogP contribution in [-0.2, 0) is 10.0 Å². The fourth-order valence-corrected chi connectivity index (χ4v) is 4.75. The Morgan fingerprint density at radius 1 is 1.00 bits per heavy atom. The molecule has 0 aliphatic heterocycles. The molecular formula is C22H17FN4O3S2. The summed E-state index contributed by atoms with van der Waals surface area (Å²) in [7, 11) is -2.49. The van der Waals surface area contributed by atoms with Gasteiger partial charge in [0.05, 0.1) is 16.3 Å². The molecule has 4 aromatic rings. The number of carbonyl (C=O) groups excluding carboxylic acids is 1. The lowest BCUT2D eigenvalue weighted by Crippen LogP contribution is -2.26. The number of carbonyl (C=O) groups is 1. The van der Waals surface area contributed by atoms with Gasteiger partial charge in [0, 0.05) is 24.2 Å². The van der Waals surface area contributed by atoms with Gasteiger partial charge < -0.3 is 0 Å². The van der Waals surface area contributed by atoms with Gasteiger partial charge in [-0.25, -0.2) is 17.8 Å². The molecule has 0 spiro atoms. The van der Waals surface area contributed by atoms with E-state index in [9.17, 15) is 17.6 Å². The Bertz CT molecular complexity index is 1340. The minimum atomic E-state index is -3.87. The predicted octanol–water partition coefficient (Wildman–Crippen LogP) is 4.42. The second-order valence-electron chi connectivity index (χ2n) is 6.68. The highest BCUT2D eigenvalue weighted by atomic mass is 32.2. The van der Waals surface area contributed by atoms with E-state index in [4.69, 9.17) is 0 Å². The van der Waals surface area contributed by atoms with Gasteiger partial charge in [-0.15, -0.1) is 11.3 Å². The lowest BCUT2D eigenvalue weighted by Gasteiger charge is -2.19. The van der Waals surface area contributed by atoms with Gasteiger partial charge in [0.25, 0.3) is 15.9 Å². The quantitative estimate of drug-likeness (QED) is 0.452. The molecule has 0 aliphatic carbocycles. The third-order valence-corrected chi connectivity index (χ3v) is 7.17. The largest absolute Gasteiger partial charge is 0.298 e. The number of amides is 1. The zero-order valence-electron chi connectivity index (χ0n) is 16.8. The first kappa shape index (κ1) is 21.6. The standard InChI is InChI=1S/C22H17FN4O3S2/c1-27(17-9-7-16(23)8-10-17)32(29,30)18-11-5-15(6-12-18)21(28)26-22-25-20(14-31-22)19-4-2-3-13-24-19/h2-14H,1H3,(H,25,26,28). The number of sulfonamides is 1. The zero-order valence-corrected chi connectivity index (χ0v) is 18.4. The van der Waals surface area contributed by atoms with Gasteiger partial charge in [-0.05, 0) is 60.7 Å². The van der Waals surface area contributed by atoms with Crippen molar-refractivity contribution in [3.05, 3.63) is 89.7 Å². The molecule has 0 fully saturated rings. The van der Waals surface area contributed by atoms with E-state index in [-0.39, 0.29) is 10.5 Å². The summed E-state index contributed by atoms with van der Waals surface area (Å²) >= 11 is 1.27. The molecular weight excluding hydrogens is 451 g/mol. The van der Waals surface area contributed by atoms with Crippen molar-refractivity contribution in [2.45, 2.75) is 4.90 Å². The molecule has 0 unspecified atom stereocenters. The van der Waals surface area contributed by atoms with E-state index in [0.717, 1.165) is 4.31 Å². The summed E-state index contributed by atoms with van der Waals surface area (Å²) in [6.45, 7) is 0. The van der Waals surface area contributed by atoms with Crippen molar-refractivity contribution in [3.63, 3.8) is 0 Å². The third kappa shape index (κ3) is 4.51. The highest BCUT2D eigenvalue weighted by Crippen LogP contribution is 2.25. The molecule has 1 N–H and O–H groups in total. The molecule has 0 aliphatic rings. The topological polar surface area (TPSA) is 92.3 Å². The van der Waals surface area contributed by atoms with Crippen molar-refractivity contribution in [2.24, 2.45) is 0 Å². The first-order chi connectivity index (χ1) is 15.3. The zero-order chi connectivity index (χ0) is 22.7. The lowest BCUT2D eigenvalue weighted by atomic mass is 10.2. The Labute approximate surface area is 188 Å². The molecule has 10 heteroatoms. The number of halogens is 1. The maximum atomic E-state index is 13.1. The summed E-state index contributed by atoms with van der Waals surface area (Å²) in [4.78, 5) is 21.1. The summed E-state index contributed by atoms with van der Waals surface area (Å²) in [6, 6.07) is 16.2. The second-order valence-corrected chi connectivity index (χ2v) is 9.51. The number of benzene rings is 2. The smallest absolute Gasteiger partial charge is 0.264 e. The fourth-order valence-electron chi connectivity index (χ4n) is 2.86. The number of pyridine rings is 1. The number of hydrogen-bond acceptors (Lipinski definition) is 6. The van der Waals surface area contributed by atoms with Crippen LogP contribution < -0.4 is 9.62 Å².